The minimum atomic E-state index is 0.0358. The first-order valence-corrected chi connectivity index (χ1v) is 7.05. The van der Waals surface area contributed by atoms with Crippen LogP contribution >= 0.6 is 15.9 Å². The molecule has 0 saturated carbocycles. The molecule has 1 aromatic carbocycles. The second-order valence-electron chi connectivity index (χ2n) is 4.96. The Morgan fingerprint density at radius 1 is 1.56 bits per heavy atom. The van der Waals surface area contributed by atoms with E-state index in [2.05, 4.69) is 28.9 Å². The van der Waals surface area contributed by atoms with Crippen LogP contribution in [0.15, 0.2) is 22.7 Å². The third-order valence-electron chi connectivity index (χ3n) is 4.02. The van der Waals surface area contributed by atoms with Gasteiger partial charge >= 0.3 is 0 Å². The molecule has 2 unspecified atom stereocenters. The normalized spacial score (nSPS) is 27.4. The van der Waals surface area contributed by atoms with Crippen LogP contribution in [0.4, 0.5) is 0 Å². The molecule has 0 spiro atoms. The highest BCUT2D eigenvalue weighted by molar-refractivity contribution is 9.10. The van der Waals surface area contributed by atoms with Crippen LogP contribution in [0.3, 0.4) is 0 Å². The van der Waals surface area contributed by atoms with Crippen molar-refractivity contribution in [2.45, 2.75) is 25.9 Å². The highest BCUT2D eigenvalue weighted by atomic mass is 79.9. The Bertz CT molecular complexity index is 424. The average molecular weight is 314 g/mol. The number of halogens is 1. The molecule has 1 aliphatic rings. The van der Waals surface area contributed by atoms with Crippen molar-refractivity contribution in [2.24, 2.45) is 11.1 Å². The summed E-state index contributed by atoms with van der Waals surface area (Å²) >= 11 is 3.51. The van der Waals surface area contributed by atoms with Gasteiger partial charge in [0.15, 0.2) is 0 Å². The second-order valence-corrected chi connectivity index (χ2v) is 5.88. The SMILES string of the molecule is COc1ccc(Br)cc1CC1(CN)CCOC1C. The van der Waals surface area contributed by atoms with E-state index < -0.39 is 0 Å². The Morgan fingerprint density at radius 2 is 2.33 bits per heavy atom. The number of ether oxygens (including phenoxy) is 2. The molecule has 0 aromatic heterocycles. The Balaban J connectivity index is 2.29. The molecule has 0 amide bonds. The van der Waals surface area contributed by atoms with E-state index in [1.54, 1.807) is 7.11 Å². The van der Waals surface area contributed by atoms with Crippen molar-refractivity contribution < 1.29 is 9.47 Å². The Morgan fingerprint density at radius 3 is 2.89 bits per heavy atom. The van der Waals surface area contributed by atoms with Crippen LogP contribution in [0.25, 0.3) is 0 Å². The largest absolute Gasteiger partial charge is 0.496 e. The minimum absolute atomic E-state index is 0.0358. The maximum absolute atomic E-state index is 6.00. The van der Waals surface area contributed by atoms with Crippen LogP contribution in [0.1, 0.15) is 18.9 Å². The summed E-state index contributed by atoms with van der Waals surface area (Å²) in [6.07, 6.45) is 2.11. The van der Waals surface area contributed by atoms with Crippen molar-refractivity contribution in [2.75, 3.05) is 20.3 Å². The van der Waals surface area contributed by atoms with Crippen LogP contribution in [0.5, 0.6) is 5.75 Å². The highest BCUT2D eigenvalue weighted by Gasteiger charge is 2.40. The van der Waals surface area contributed by atoms with Gasteiger partial charge in [-0.15, -0.1) is 0 Å². The first kappa shape index (κ1) is 13.8. The Hall–Kier alpha value is -0.580. The van der Waals surface area contributed by atoms with E-state index >= 15 is 0 Å². The minimum Gasteiger partial charge on any atom is -0.496 e. The van der Waals surface area contributed by atoms with Gasteiger partial charge in [-0.2, -0.15) is 0 Å². The van der Waals surface area contributed by atoms with E-state index in [9.17, 15) is 0 Å². The molecule has 100 valence electrons. The lowest BCUT2D eigenvalue weighted by molar-refractivity contribution is 0.0671. The molecule has 1 aromatic rings. The zero-order chi connectivity index (χ0) is 13.2. The quantitative estimate of drug-likeness (QED) is 0.929. The van der Waals surface area contributed by atoms with E-state index in [4.69, 9.17) is 15.2 Å². The molecule has 1 saturated heterocycles. The number of nitrogens with two attached hydrogens (primary N) is 1. The first-order valence-electron chi connectivity index (χ1n) is 6.25. The van der Waals surface area contributed by atoms with E-state index in [0.29, 0.717) is 6.54 Å². The van der Waals surface area contributed by atoms with E-state index in [1.807, 2.05) is 12.1 Å². The van der Waals surface area contributed by atoms with Crippen molar-refractivity contribution in [3.63, 3.8) is 0 Å². The summed E-state index contributed by atoms with van der Waals surface area (Å²) in [4.78, 5) is 0. The number of rotatable bonds is 4. The van der Waals surface area contributed by atoms with Gasteiger partial charge in [-0.1, -0.05) is 15.9 Å². The molecular weight excluding hydrogens is 294 g/mol. The fraction of sp³-hybridized carbons (Fsp3) is 0.571. The summed E-state index contributed by atoms with van der Waals surface area (Å²) < 4.78 is 12.2. The lowest BCUT2D eigenvalue weighted by atomic mass is 9.76. The molecule has 1 heterocycles. The molecule has 3 nitrogen and oxygen atoms in total. The van der Waals surface area contributed by atoms with Gasteiger partial charge in [-0.25, -0.2) is 0 Å². The van der Waals surface area contributed by atoms with Crippen molar-refractivity contribution >= 4 is 15.9 Å². The van der Waals surface area contributed by atoms with Crippen LogP contribution < -0.4 is 10.5 Å². The van der Waals surface area contributed by atoms with Crippen LogP contribution in [0, 0.1) is 5.41 Å². The number of benzene rings is 1. The first-order chi connectivity index (χ1) is 8.61. The summed E-state index contributed by atoms with van der Waals surface area (Å²) in [6.45, 7) is 3.56. The molecule has 1 aliphatic heterocycles. The predicted octanol–water partition coefficient (Wildman–Crippen LogP) is 2.75. The average Bonchev–Trinajstić information content (AvgIpc) is 2.72. The van der Waals surface area contributed by atoms with Crippen LogP contribution in [-0.4, -0.2) is 26.4 Å². The molecule has 2 N–H and O–H groups in total. The zero-order valence-electron chi connectivity index (χ0n) is 10.9. The van der Waals surface area contributed by atoms with Crippen molar-refractivity contribution in [3.05, 3.63) is 28.2 Å². The zero-order valence-corrected chi connectivity index (χ0v) is 12.5. The summed E-state index contributed by atoms with van der Waals surface area (Å²) in [6, 6.07) is 6.09. The van der Waals surface area contributed by atoms with Gasteiger partial charge in [-0.3, -0.25) is 0 Å². The number of hydrogen-bond donors (Lipinski definition) is 1. The van der Waals surface area contributed by atoms with Crippen LogP contribution in [-0.2, 0) is 11.2 Å². The molecule has 18 heavy (non-hydrogen) atoms. The standard InChI is InChI=1S/C14H20BrNO2/c1-10-14(9-16,5-6-18-10)8-11-7-12(15)3-4-13(11)17-2/h3-4,7,10H,5-6,8-9,16H2,1-2H3. The third kappa shape index (κ3) is 2.56. The van der Waals surface area contributed by atoms with Gasteiger partial charge in [0.1, 0.15) is 5.75 Å². The monoisotopic (exact) mass is 313 g/mol. The smallest absolute Gasteiger partial charge is 0.122 e. The molecule has 4 heteroatoms. The summed E-state index contributed by atoms with van der Waals surface area (Å²) in [5, 5.41) is 0. The fourth-order valence-electron chi connectivity index (χ4n) is 2.66. The number of methoxy groups -OCH3 is 1. The molecule has 2 atom stereocenters. The second kappa shape index (κ2) is 5.59. The molecular formula is C14H20BrNO2. The number of hydrogen-bond acceptors (Lipinski definition) is 3. The summed E-state index contributed by atoms with van der Waals surface area (Å²) in [7, 11) is 1.70. The Labute approximate surface area is 117 Å². The van der Waals surface area contributed by atoms with Gasteiger partial charge in [0.05, 0.1) is 13.2 Å². The maximum Gasteiger partial charge on any atom is 0.122 e. The molecule has 0 radical (unpaired) electrons. The van der Waals surface area contributed by atoms with Crippen molar-refractivity contribution in [1.82, 2.24) is 0 Å². The highest BCUT2D eigenvalue weighted by Crippen LogP contribution is 2.39. The lowest BCUT2D eigenvalue weighted by Gasteiger charge is -2.31. The van der Waals surface area contributed by atoms with E-state index in [-0.39, 0.29) is 11.5 Å². The molecule has 1 fully saturated rings. The molecule has 0 bridgehead atoms. The van der Waals surface area contributed by atoms with E-state index in [1.165, 1.54) is 5.56 Å². The predicted molar refractivity (Wildman–Crippen MR) is 75.9 cm³/mol. The summed E-state index contributed by atoms with van der Waals surface area (Å²) in [5.74, 6) is 0.921. The van der Waals surface area contributed by atoms with Gasteiger partial charge < -0.3 is 15.2 Å². The van der Waals surface area contributed by atoms with E-state index in [0.717, 1.165) is 29.7 Å². The van der Waals surface area contributed by atoms with Gasteiger partial charge in [0.2, 0.25) is 0 Å². The topological polar surface area (TPSA) is 44.5 Å². The molecule has 0 aliphatic carbocycles. The van der Waals surface area contributed by atoms with Crippen LogP contribution in [0.2, 0.25) is 0 Å². The van der Waals surface area contributed by atoms with Gasteiger partial charge in [0.25, 0.3) is 0 Å². The lowest BCUT2D eigenvalue weighted by Crippen LogP contribution is -2.38. The van der Waals surface area contributed by atoms with Crippen molar-refractivity contribution in [3.8, 4) is 5.75 Å². The van der Waals surface area contributed by atoms with Gasteiger partial charge in [-0.05, 0) is 43.5 Å². The Kier molecular flexibility index (Phi) is 4.30. The van der Waals surface area contributed by atoms with Gasteiger partial charge in [0, 0.05) is 23.0 Å². The fourth-order valence-corrected chi connectivity index (χ4v) is 3.06. The third-order valence-corrected chi connectivity index (χ3v) is 4.51. The summed E-state index contributed by atoms with van der Waals surface area (Å²) in [5.41, 5.74) is 7.23. The maximum atomic E-state index is 6.00. The molecule has 2 rings (SSSR count). The van der Waals surface area contributed by atoms with Crippen molar-refractivity contribution in [1.29, 1.82) is 0 Å².